The van der Waals surface area contributed by atoms with Crippen molar-refractivity contribution in [2.24, 2.45) is 0 Å². The minimum absolute atomic E-state index is 0.0299. The lowest BCUT2D eigenvalue weighted by molar-refractivity contribution is -0.156. The van der Waals surface area contributed by atoms with Crippen LogP contribution in [0.5, 0.6) is 0 Å². The van der Waals surface area contributed by atoms with E-state index in [0.29, 0.717) is 6.07 Å². The molecule has 0 saturated carbocycles. The number of halogens is 8. The second-order valence-corrected chi connectivity index (χ2v) is 7.00. The lowest BCUT2D eigenvalue weighted by Gasteiger charge is -2.23. The zero-order chi connectivity index (χ0) is 24.0. The van der Waals surface area contributed by atoms with Gasteiger partial charge in [-0.1, -0.05) is 17.7 Å². The number of carboxylic acid groups (broad SMARTS) is 1. The number of benzene rings is 2. The summed E-state index contributed by atoms with van der Waals surface area (Å²) in [4.78, 5) is 26.0. The first-order chi connectivity index (χ1) is 14.7. The molecule has 0 bridgehead atoms. The van der Waals surface area contributed by atoms with Crippen LogP contribution < -0.4 is 5.32 Å². The molecule has 0 saturated heterocycles. The van der Waals surface area contributed by atoms with Crippen molar-refractivity contribution < 1.29 is 45.4 Å². The average molecular weight is 483 g/mol. The van der Waals surface area contributed by atoms with E-state index in [1.54, 1.807) is 5.32 Å². The van der Waals surface area contributed by atoms with E-state index >= 15 is 0 Å². The normalized spacial score (nSPS) is 13.2. The molecule has 0 aliphatic heterocycles. The highest BCUT2D eigenvalue weighted by atomic mass is 35.5. The number of fused-ring (bicyclic) bond motifs is 1. The van der Waals surface area contributed by atoms with Gasteiger partial charge < -0.3 is 15.4 Å². The molecule has 0 fully saturated rings. The Morgan fingerprint density at radius 2 is 1.69 bits per heavy atom. The number of alkyl halides is 6. The Morgan fingerprint density at radius 1 is 1.03 bits per heavy atom. The average Bonchev–Trinajstić information content (AvgIpc) is 3.06. The topological polar surface area (TPSA) is 82.2 Å². The molecule has 1 unspecified atom stereocenters. The minimum Gasteiger partial charge on any atom is -0.478 e. The lowest BCUT2D eigenvalue weighted by atomic mass is 10.0. The van der Waals surface area contributed by atoms with Gasteiger partial charge in [0.2, 0.25) is 0 Å². The van der Waals surface area contributed by atoms with Crippen LogP contribution in [0.2, 0.25) is 5.02 Å². The zero-order valence-corrected chi connectivity index (χ0v) is 16.1. The molecule has 3 N–H and O–H groups in total. The number of hydrogen-bond acceptors (Lipinski definition) is 2. The highest BCUT2D eigenvalue weighted by Crippen LogP contribution is 2.37. The molecule has 1 aromatic heterocycles. The van der Waals surface area contributed by atoms with Crippen molar-refractivity contribution in [2.75, 3.05) is 0 Å². The zero-order valence-electron chi connectivity index (χ0n) is 15.3. The molecule has 170 valence electrons. The van der Waals surface area contributed by atoms with Crippen molar-refractivity contribution in [1.82, 2.24) is 10.3 Å². The standard InChI is InChI=1S/C19H10ClF7N2O3/c20-11-6-13-8(3-9(11)17(31)32)5-14(28-13)16(30)29-15(19(25,26)27)7-1-2-12(21)10(4-7)18(22,23)24/h1-6,15,28H,(H,29,30)(H,31,32). The number of aromatic amines is 1. The van der Waals surface area contributed by atoms with E-state index in [1.807, 2.05) is 0 Å². The van der Waals surface area contributed by atoms with Gasteiger partial charge in [-0.15, -0.1) is 0 Å². The fraction of sp³-hybridized carbons (Fsp3) is 0.158. The van der Waals surface area contributed by atoms with Gasteiger partial charge in [-0.05, 0) is 35.9 Å². The SMILES string of the molecule is O=C(NC(c1ccc(F)c(C(F)(F)F)c1)C(F)(F)F)c1cc2cc(C(=O)O)c(Cl)cc2[nH]1. The number of aromatic nitrogens is 1. The Hall–Kier alpha value is -3.28. The maximum atomic E-state index is 13.5. The number of nitrogens with one attached hydrogen (secondary N) is 2. The van der Waals surface area contributed by atoms with Gasteiger partial charge in [-0.25, -0.2) is 9.18 Å². The van der Waals surface area contributed by atoms with Crippen molar-refractivity contribution in [3.63, 3.8) is 0 Å². The van der Waals surface area contributed by atoms with E-state index in [2.05, 4.69) is 4.98 Å². The van der Waals surface area contributed by atoms with Crippen LogP contribution in [0.4, 0.5) is 30.7 Å². The molecule has 0 aliphatic rings. The molecule has 1 atom stereocenters. The molecule has 0 spiro atoms. The van der Waals surface area contributed by atoms with Crippen molar-refractivity contribution >= 4 is 34.4 Å². The second kappa shape index (κ2) is 8.01. The van der Waals surface area contributed by atoms with Gasteiger partial charge in [0.25, 0.3) is 5.91 Å². The van der Waals surface area contributed by atoms with Gasteiger partial charge in [-0.3, -0.25) is 4.79 Å². The quantitative estimate of drug-likeness (QED) is 0.417. The highest BCUT2D eigenvalue weighted by Gasteiger charge is 2.44. The van der Waals surface area contributed by atoms with E-state index in [-0.39, 0.29) is 33.6 Å². The molecule has 32 heavy (non-hydrogen) atoms. The molecule has 5 nitrogen and oxygen atoms in total. The first-order valence-corrected chi connectivity index (χ1v) is 8.86. The van der Waals surface area contributed by atoms with Crippen LogP contribution in [0.25, 0.3) is 10.9 Å². The molecule has 1 amide bonds. The van der Waals surface area contributed by atoms with Gasteiger partial charge in [0.15, 0.2) is 6.04 Å². The minimum atomic E-state index is -5.25. The third kappa shape index (κ3) is 4.64. The number of H-pyrrole nitrogens is 1. The maximum Gasteiger partial charge on any atom is 0.419 e. The predicted octanol–water partition coefficient (Wildman–Crippen LogP) is 5.71. The molecule has 3 aromatic rings. The summed E-state index contributed by atoms with van der Waals surface area (Å²) in [5.74, 6) is -4.50. The van der Waals surface area contributed by atoms with Crippen molar-refractivity contribution in [2.45, 2.75) is 18.4 Å². The summed E-state index contributed by atoms with van der Waals surface area (Å²) in [6, 6.07) is 1.07. The van der Waals surface area contributed by atoms with Gasteiger partial charge in [0.1, 0.15) is 11.5 Å². The van der Waals surface area contributed by atoms with Crippen LogP contribution in [0.1, 0.15) is 38.0 Å². The number of amides is 1. The first-order valence-electron chi connectivity index (χ1n) is 8.48. The molecule has 1 heterocycles. The molecular formula is C19H10ClF7N2O3. The number of carbonyl (C=O) groups is 2. The highest BCUT2D eigenvalue weighted by molar-refractivity contribution is 6.34. The fourth-order valence-electron chi connectivity index (χ4n) is 2.94. The van der Waals surface area contributed by atoms with E-state index in [9.17, 15) is 40.3 Å². The number of carbonyl (C=O) groups excluding carboxylic acids is 1. The summed E-state index contributed by atoms with van der Waals surface area (Å²) in [7, 11) is 0. The van der Waals surface area contributed by atoms with Gasteiger partial charge in [0, 0.05) is 10.9 Å². The van der Waals surface area contributed by atoms with Crippen LogP contribution in [-0.4, -0.2) is 28.1 Å². The Bertz CT molecular complexity index is 1220. The summed E-state index contributed by atoms with van der Waals surface area (Å²) in [5.41, 5.74) is -3.57. The number of hydrogen-bond donors (Lipinski definition) is 3. The van der Waals surface area contributed by atoms with Crippen molar-refractivity contribution in [1.29, 1.82) is 0 Å². The summed E-state index contributed by atoms with van der Waals surface area (Å²) in [5, 5.41) is 10.6. The number of aromatic carboxylic acids is 1. The first kappa shape index (κ1) is 23.4. The maximum absolute atomic E-state index is 13.5. The molecular weight excluding hydrogens is 473 g/mol. The fourth-order valence-corrected chi connectivity index (χ4v) is 3.19. The van der Waals surface area contributed by atoms with E-state index in [0.717, 1.165) is 18.2 Å². The Morgan fingerprint density at radius 3 is 2.25 bits per heavy atom. The van der Waals surface area contributed by atoms with Crippen LogP contribution in [0.15, 0.2) is 36.4 Å². The van der Waals surface area contributed by atoms with Gasteiger partial charge in [-0.2, -0.15) is 26.3 Å². The van der Waals surface area contributed by atoms with Crippen LogP contribution in [0, 0.1) is 5.82 Å². The van der Waals surface area contributed by atoms with Gasteiger partial charge >= 0.3 is 18.3 Å². The van der Waals surface area contributed by atoms with E-state index in [4.69, 9.17) is 16.7 Å². The molecule has 0 radical (unpaired) electrons. The van der Waals surface area contributed by atoms with E-state index in [1.165, 1.54) is 0 Å². The Kier molecular flexibility index (Phi) is 5.85. The molecule has 13 heteroatoms. The van der Waals surface area contributed by atoms with Crippen molar-refractivity contribution in [3.8, 4) is 0 Å². The van der Waals surface area contributed by atoms with Crippen LogP contribution >= 0.6 is 11.6 Å². The second-order valence-electron chi connectivity index (χ2n) is 6.59. The number of rotatable bonds is 4. The summed E-state index contributed by atoms with van der Waals surface area (Å²) < 4.78 is 92.7. The van der Waals surface area contributed by atoms with Crippen LogP contribution in [0.3, 0.4) is 0 Å². The van der Waals surface area contributed by atoms with Gasteiger partial charge in [0.05, 0.1) is 16.1 Å². The summed E-state index contributed by atoms with van der Waals surface area (Å²) in [6.07, 6.45) is -10.5. The Balaban J connectivity index is 1.98. The van der Waals surface area contributed by atoms with E-state index < -0.39 is 52.9 Å². The number of carboxylic acids is 1. The monoisotopic (exact) mass is 482 g/mol. The van der Waals surface area contributed by atoms with Crippen LogP contribution in [-0.2, 0) is 6.18 Å². The third-order valence-corrected chi connectivity index (χ3v) is 4.73. The lowest BCUT2D eigenvalue weighted by Crippen LogP contribution is -2.38. The Labute approximate surface area is 178 Å². The van der Waals surface area contributed by atoms with Crippen molar-refractivity contribution in [3.05, 3.63) is 69.6 Å². The summed E-state index contributed by atoms with van der Waals surface area (Å²) in [6.45, 7) is 0. The largest absolute Gasteiger partial charge is 0.478 e. The smallest absolute Gasteiger partial charge is 0.419 e. The summed E-state index contributed by atoms with van der Waals surface area (Å²) >= 11 is 5.80. The molecule has 3 rings (SSSR count). The third-order valence-electron chi connectivity index (χ3n) is 4.42. The predicted molar refractivity (Wildman–Crippen MR) is 97.9 cm³/mol. The molecule has 0 aliphatic carbocycles. The molecule has 2 aromatic carbocycles.